The van der Waals surface area contributed by atoms with E-state index in [1.54, 1.807) is 6.07 Å². The van der Waals surface area contributed by atoms with E-state index < -0.39 is 21.7 Å². The standard InChI is InChI=1S/C11H11FN2O3S/c1-3-11(15)14(18(2,16)17)10-5-4-9(12)6-8(10)7-13/h4-6H,3H2,1-2H3. The Morgan fingerprint density at radius 3 is 2.56 bits per heavy atom. The summed E-state index contributed by atoms with van der Waals surface area (Å²) >= 11 is 0. The summed E-state index contributed by atoms with van der Waals surface area (Å²) in [4.78, 5) is 11.7. The van der Waals surface area contributed by atoms with Crippen molar-refractivity contribution in [3.8, 4) is 6.07 Å². The van der Waals surface area contributed by atoms with Crippen molar-refractivity contribution in [3.05, 3.63) is 29.6 Å². The molecule has 0 aliphatic heterocycles. The van der Waals surface area contributed by atoms with Crippen molar-refractivity contribution < 1.29 is 17.6 Å². The van der Waals surface area contributed by atoms with Crippen LogP contribution in [0.2, 0.25) is 0 Å². The molecule has 1 aromatic rings. The number of rotatable bonds is 3. The van der Waals surface area contributed by atoms with Gasteiger partial charge in [0.25, 0.3) is 0 Å². The van der Waals surface area contributed by atoms with Crippen LogP contribution in [-0.2, 0) is 14.8 Å². The van der Waals surface area contributed by atoms with E-state index in [0.29, 0.717) is 4.31 Å². The van der Waals surface area contributed by atoms with Crippen molar-refractivity contribution >= 4 is 21.6 Å². The van der Waals surface area contributed by atoms with Gasteiger partial charge in [0.15, 0.2) is 0 Å². The Labute approximate surface area is 104 Å². The molecule has 7 heteroatoms. The van der Waals surface area contributed by atoms with E-state index in [9.17, 15) is 17.6 Å². The normalized spacial score (nSPS) is 10.8. The molecule has 0 bridgehead atoms. The average molecular weight is 270 g/mol. The maximum atomic E-state index is 13.0. The minimum atomic E-state index is -3.86. The zero-order chi connectivity index (χ0) is 13.9. The number of nitrogens with zero attached hydrogens (tertiary/aromatic N) is 2. The monoisotopic (exact) mass is 270 g/mol. The molecule has 5 nitrogen and oxygen atoms in total. The summed E-state index contributed by atoms with van der Waals surface area (Å²) in [6, 6.07) is 4.65. The lowest BCUT2D eigenvalue weighted by Crippen LogP contribution is -2.36. The number of nitriles is 1. The van der Waals surface area contributed by atoms with Crippen molar-refractivity contribution in [2.45, 2.75) is 13.3 Å². The third-order valence-corrected chi connectivity index (χ3v) is 3.22. The Bertz CT molecular complexity index is 620. The number of hydrogen-bond acceptors (Lipinski definition) is 4. The van der Waals surface area contributed by atoms with Crippen LogP contribution in [0.3, 0.4) is 0 Å². The van der Waals surface area contributed by atoms with E-state index in [2.05, 4.69) is 0 Å². The van der Waals surface area contributed by atoms with E-state index in [1.165, 1.54) is 6.92 Å². The zero-order valence-corrected chi connectivity index (χ0v) is 10.7. The Hall–Kier alpha value is -1.94. The molecule has 0 atom stereocenters. The van der Waals surface area contributed by atoms with Crippen LogP contribution in [-0.4, -0.2) is 20.6 Å². The van der Waals surface area contributed by atoms with Gasteiger partial charge in [-0.15, -0.1) is 0 Å². The average Bonchev–Trinajstić information content (AvgIpc) is 2.29. The molecule has 0 aliphatic carbocycles. The van der Waals surface area contributed by atoms with E-state index in [4.69, 9.17) is 5.26 Å². The van der Waals surface area contributed by atoms with Crippen LogP contribution in [0.5, 0.6) is 0 Å². The number of anilines is 1. The van der Waals surface area contributed by atoms with Crippen LogP contribution < -0.4 is 4.31 Å². The Morgan fingerprint density at radius 1 is 1.50 bits per heavy atom. The number of carbonyl (C=O) groups is 1. The van der Waals surface area contributed by atoms with Crippen molar-refractivity contribution in [3.63, 3.8) is 0 Å². The second-order valence-electron chi connectivity index (χ2n) is 3.55. The molecule has 96 valence electrons. The first-order valence-electron chi connectivity index (χ1n) is 5.04. The zero-order valence-electron chi connectivity index (χ0n) is 9.84. The SMILES string of the molecule is CCC(=O)N(c1ccc(F)cc1C#N)S(C)(=O)=O. The van der Waals surface area contributed by atoms with Crippen molar-refractivity contribution in [1.29, 1.82) is 5.26 Å². The van der Waals surface area contributed by atoms with Crippen LogP contribution in [0.1, 0.15) is 18.9 Å². The Kier molecular flexibility index (Phi) is 4.03. The summed E-state index contributed by atoms with van der Waals surface area (Å²) in [5.74, 6) is -1.35. The van der Waals surface area contributed by atoms with E-state index in [1.807, 2.05) is 0 Å². The van der Waals surface area contributed by atoms with Crippen LogP contribution in [0.4, 0.5) is 10.1 Å². The number of halogens is 1. The molecule has 1 rings (SSSR count). The molecule has 0 fully saturated rings. The summed E-state index contributed by atoms with van der Waals surface area (Å²) in [6.07, 6.45) is 0.806. The van der Waals surface area contributed by atoms with Crippen LogP contribution in [0.25, 0.3) is 0 Å². The second-order valence-corrected chi connectivity index (χ2v) is 5.38. The van der Waals surface area contributed by atoms with Gasteiger partial charge in [-0.05, 0) is 18.2 Å². The van der Waals surface area contributed by atoms with Gasteiger partial charge < -0.3 is 0 Å². The topological polar surface area (TPSA) is 78.2 Å². The minimum Gasteiger partial charge on any atom is -0.273 e. The largest absolute Gasteiger partial charge is 0.273 e. The molecule has 1 aromatic carbocycles. The fourth-order valence-corrected chi connectivity index (χ4v) is 2.43. The first-order chi connectivity index (χ1) is 8.31. The van der Waals surface area contributed by atoms with Crippen LogP contribution in [0.15, 0.2) is 18.2 Å². The lowest BCUT2D eigenvalue weighted by Gasteiger charge is -2.20. The second kappa shape index (κ2) is 5.14. The van der Waals surface area contributed by atoms with Gasteiger partial charge in [-0.1, -0.05) is 6.92 Å². The Balaban J connectivity index is 3.50. The molecule has 0 saturated carbocycles. The maximum Gasteiger partial charge on any atom is 0.240 e. The molecule has 0 aromatic heterocycles. The van der Waals surface area contributed by atoms with Gasteiger partial charge in [0.1, 0.15) is 11.9 Å². The fourth-order valence-electron chi connectivity index (χ4n) is 1.42. The quantitative estimate of drug-likeness (QED) is 0.831. The highest BCUT2D eigenvalue weighted by atomic mass is 32.2. The van der Waals surface area contributed by atoms with E-state index >= 15 is 0 Å². The predicted octanol–water partition coefficient (Wildman–Crippen LogP) is 1.40. The van der Waals surface area contributed by atoms with Gasteiger partial charge in [-0.3, -0.25) is 4.79 Å². The highest BCUT2D eigenvalue weighted by Crippen LogP contribution is 2.24. The molecule has 1 amide bonds. The lowest BCUT2D eigenvalue weighted by atomic mass is 10.2. The van der Waals surface area contributed by atoms with E-state index in [-0.39, 0.29) is 17.7 Å². The number of amides is 1. The van der Waals surface area contributed by atoms with Crippen LogP contribution in [0, 0.1) is 17.1 Å². The first-order valence-corrected chi connectivity index (χ1v) is 6.89. The molecule has 0 spiro atoms. The van der Waals surface area contributed by atoms with Gasteiger partial charge in [0.05, 0.1) is 17.5 Å². The number of carbonyl (C=O) groups excluding carboxylic acids is 1. The third kappa shape index (κ3) is 2.84. The lowest BCUT2D eigenvalue weighted by molar-refractivity contribution is -0.117. The molecule has 0 N–H and O–H groups in total. The summed E-state index contributed by atoms with van der Waals surface area (Å²) in [5, 5.41) is 8.86. The highest BCUT2D eigenvalue weighted by molar-refractivity contribution is 7.92. The molecular weight excluding hydrogens is 259 g/mol. The molecule has 0 heterocycles. The smallest absolute Gasteiger partial charge is 0.240 e. The summed E-state index contributed by atoms with van der Waals surface area (Å²) < 4.78 is 36.7. The fraction of sp³-hybridized carbons (Fsp3) is 0.273. The van der Waals surface area contributed by atoms with Crippen molar-refractivity contribution in [2.24, 2.45) is 0 Å². The molecule has 18 heavy (non-hydrogen) atoms. The minimum absolute atomic E-state index is 0.0463. The predicted molar refractivity (Wildman–Crippen MR) is 63.7 cm³/mol. The molecule has 0 aliphatic rings. The first kappa shape index (κ1) is 14.1. The number of hydrogen-bond donors (Lipinski definition) is 0. The van der Waals surface area contributed by atoms with Gasteiger partial charge in [0.2, 0.25) is 15.9 Å². The van der Waals surface area contributed by atoms with Crippen LogP contribution >= 0.6 is 0 Å². The van der Waals surface area contributed by atoms with Crippen molar-refractivity contribution in [1.82, 2.24) is 0 Å². The molecule has 0 unspecified atom stereocenters. The van der Waals surface area contributed by atoms with Crippen molar-refractivity contribution in [2.75, 3.05) is 10.6 Å². The molecular formula is C11H11FN2O3S. The maximum absolute atomic E-state index is 13.0. The molecule has 0 saturated heterocycles. The third-order valence-electron chi connectivity index (χ3n) is 2.16. The summed E-state index contributed by atoms with van der Waals surface area (Å²) in [6.45, 7) is 1.50. The van der Waals surface area contributed by atoms with Gasteiger partial charge in [-0.2, -0.15) is 5.26 Å². The van der Waals surface area contributed by atoms with E-state index in [0.717, 1.165) is 24.5 Å². The van der Waals surface area contributed by atoms with Gasteiger partial charge in [0, 0.05) is 6.42 Å². The number of benzene rings is 1. The van der Waals surface area contributed by atoms with Gasteiger partial charge in [-0.25, -0.2) is 17.1 Å². The number of sulfonamides is 1. The summed E-state index contributed by atoms with van der Waals surface area (Å²) in [5.41, 5.74) is -0.338. The highest BCUT2D eigenvalue weighted by Gasteiger charge is 2.26. The summed E-state index contributed by atoms with van der Waals surface area (Å²) in [7, 11) is -3.86. The Morgan fingerprint density at radius 2 is 2.11 bits per heavy atom. The van der Waals surface area contributed by atoms with Gasteiger partial charge >= 0.3 is 0 Å². The molecule has 0 radical (unpaired) electrons.